The Morgan fingerprint density at radius 2 is 1.82 bits per heavy atom. The molecule has 2 aromatic rings. The van der Waals surface area contributed by atoms with Crippen LogP contribution in [0.1, 0.15) is 26.3 Å². The number of nitrogens with zero attached hydrogens (tertiary/aromatic N) is 1. The van der Waals surface area contributed by atoms with Crippen LogP contribution in [0.25, 0.3) is 10.9 Å². The van der Waals surface area contributed by atoms with E-state index in [0.29, 0.717) is 0 Å². The molecule has 0 aliphatic carbocycles. The van der Waals surface area contributed by atoms with Crippen molar-refractivity contribution in [3.05, 3.63) is 46.2 Å². The Balaban J connectivity index is 2.66. The Labute approximate surface area is 102 Å². The topological polar surface area (TPSA) is 22.0 Å². The van der Waals surface area contributed by atoms with Crippen molar-refractivity contribution < 1.29 is 0 Å². The molecule has 0 amide bonds. The van der Waals surface area contributed by atoms with E-state index >= 15 is 0 Å². The molecule has 2 nitrogen and oxygen atoms in total. The van der Waals surface area contributed by atoms with Crippen LogP contribution in [0, 0.1) is 5.41 Å². The van der Waals surface area contributed by atoms with E-state index < -0.39 is 0 Å². The number of hydrogen-bond acceptors (Lipinski definition) is 1. The van der Waals surface area contributed by atoms with E-state index in [-0.39, 0.29) is 11.0 Å². The maximum Gasteiger partial charge on any atom is 0.253 e. The third kappa shape index (κ3) is 2.41. The van der Waals surface area contributed by atoms with E-state index in [1.54, 1.807) is 4.57 Å². The summed E-state index contributed by atoms with van der Waals surface area (Å²) in [7, 11) is 1.84. The van der Waals surface area contributed by atoms with Gasteiger partial charge in [-0.1, -0.05) is 39.0 Å². The molecule has 0 N–H and O–H groups in total. The van der Waals surface area contributed by atoms with Crippen LogP contribution in [0.15, 0.2) is 35.1 Å². The molecule has 2 rings (SSSR count). The van der Waals surface area contributed by atoms with Gasteiger partial charge in [0.1, 0.15) is 0 Å². The van der Waals surface area contributed by atoms with Gasteiger partial charge in [0.25, 0.3) is 5.56 Å². The summed E-state index contributed by atoms with van der Waals surface area (Å²) in [5.74, 6) is 0. The van der Waals surface area contributed by atoms with Crippen LogP contribution < -0.4 is 5.56 Å². The van der Waals surface area contributed by atoms with Crippen LogP contribution >= 0.6 is 0 Å². The van der Waals surface area contributed by atoms with Gasteiger partial charge in [0.15, 0.2) is 0 Å². The Morgan fingerprint density at radius 3 is 2.47 bits per heavy atom. The molecular weight excluding hydrogens is 210 g/mol. The zero-order valence-electron chi connectivity index (χ0n) is 10.9. The molecule has 1 aromatic heterocycles. The van der Waals surface area contributed by atoms with Crippen LogP contribution in [-0.2, 0) is 13.5 Å². The second kappa shape index (κ2) is 4.02. The van der Waals surface area contributed by atoms with Crippen LogP contribution in [0.2, 0.25) is 0 Å². The van der Waals surface area contributed by atoms with Crippen LogP contribution in [0.4, 0.5) is 0 Å². The summed E-state index contributed by atoms with van der Waals surface area (Å²) in [6.45, 7) is 6.46. The molecule has 2 heteroatoms. The number of benzene rings is 1. The molecule has 0 spiro atoms. The van der Waals surface area contributed by atoms with Crippen LogP contribution in [0.3, 0.4) is 0 Å². The Hall–Kier alpha value is -1.57. The molecule has 0 unspecified atom stereocenters. The first-order chi connectivity index (χ1) is 7.88. The molecular formula is C15H19NO. The Morgan fingerprint density at radius 1 is 1.18 bits per heavy atom. The van der Waals surface area contributed by atoms with Crippen molar-refractivity contribution in [1.29, 1.82) is 0 Å². The second-order valence-electron chi connectivity index (χ2n) is 5.83. The minimum atomic E-state index is 0.124. The van der Waals surface area contributed by atoms with Gasteiger partial charge in [0, 0.05) is 12.6 Å². The van der Waals surface area contributed by atoms with E-state index in [2.05, 4.69) is 26.8 Å². The number of aromatic nitrogens is 1. The molecule has 0 aliphatic rings. The lowest BCUT2D eigenvalue weighted by atomic mass is 9.88. The normalized spacial score (nSPS) is 12.0. The zero-order chi connectivity index (χ0) is 12.6. The Bertz CT molecular complexity index is 602. The van der Waals surface area contributed by atoms with E-state index in [1.807, 2.05) is 31.3 Å². The van der Waals surface area contributed by atoms with Crippen molar-refractivity contribution in [2.75, 3.05) is 0 Å². The number of rotatable bonds is 1. The summed E-state index contributed by atoms with van der Waals surface area (Å²) < 4.78 is 1.75. The minimum absolute atomic E-state index is 0.124. The molecule has 0 saturated heterocycles. The quantitative estimate of drug-likeness (QED) is 0.736. The largest absolute Gasteiger partial charge is 0.311 e. The molecule has 0 bridgehead atoms. The maximum atomic E-state index is 12.2. The highest BCUT2D eigenvalue weighted by Crippen LogP contribution is 2.21. The molecule has 1 aromatic carbocycles. The Kier molecular flexibility index (Phi) is 2.82. The molecule has 1 heterocycles. The first-order valence-corrected chi connectivity index (χ1v) is 5.96. The van der Waals surface area contributed by atoms with Crippen LogP contribution in [0.5, 0.6) is 0 Å². The van der Waals surface area contributed by atoms with Crippen LogP contribution in [-0.4, -0.2) is 4.57 Å². The van der Waals surface area contributed by atoms with Gasteiger partial charge < -0.3 is 4.57 Å². The lowest BCUT2D eigenvalue weighted by Gasteiger charge is -2.18. The van der Waals surface area contributed by atoms with Crippen molar-refractivity contribution in [3.8, 4) is 0 Å². The monoisotopic (exact) mass is 229 g/mol. The molecule has 17 heavy (non-hydrogen) atoms. The lowest BCUT2D eigenvalue weighted by Crippen LogP contribution is -2.24. The highest BCUT2D eigenvalue weighted by Gasteiger charge is 2.15. The van der Waals surface area contributed by atoms with Gasteiger partial charge in [-0.2, -0.15) is 0 Å². The smallest absolute Gasteiger partial charge is 0.253 e. The first-order valence-electron chi connectivity index (χ1n) is 5.96. The summed E-state index contributed by atoms with van der Waals surface area (Å²) in [5.41, 5.74) is 2.15. The van der Waals surface area contributed by atoms with Crippen molar-refractivity contribution in [1.82, 2.24) is 4.57 Å². The van der Waals surface area contributed by atoms with Gasteiger partial charge >= 0.3 is 0 Å². The second-order valence-corrected chi connectivity index (χ2v) is 5.83. The molecule has 90 valence electrons. The average molecular weight is 229 g/mol. The SMILES string of the molecule is Cn1c(=O)c(CC(C)(C)C)cc2ccccc21. The van der Waals surface area contributed by atoms with Crippen molar-refractivity contribution in [2.45, 2.75) is 27.2 Å². The predicted molar refractivity (Wildman–Crippen MR) is 72.3 cm³/mol. The van der Waals surface area contributed by atoms with E-state index in [4.69, 9.17) is 0 Å². The number of fused-ring (bicyclic) bond motifs is 1. The summed E-state index contributed by atoms with van der Waals surface area (Å²) in [5, 5.41) is 1.13. The van der Waals surface area contributed by atoms with E-state index in [0.717, 1.165) is 22.9 Å². The summed E-state index contributed by atoms with van der Waals surface area (Å²) in [4.78, 5) is 12.2. The highest BCUT2D eigenvalue weighted by molar-refractivity contribution is 5.79. The summed E-state index contributed by atoms with van der Waals surface area (Å²) in [6, 6.07) is 10.0. The molecule has 0 atom stereocenters. The highest BCUT2D eigenvalue weighted by atomic mass is 16.1. The fourth-order valence-corrected chi connectivity index (χ4v) is 2.19. The fraction of sp³-hybridized carbons (Fsp3) is 0.400. The maximum absolute atomic E-state index is 12.2. The molecule has 0 saturated carbocycles. The number of hydrogen-bond donors (Lipinski definition) is 0. The van der Waals surface area contributed by atoms with Gasteiger partial charge in [0.05, 0.1) is 5.52 Å². The van der Waals surface area contributed by atoms with Gasteiger partial charge in [-0.15, -0.1) is 0 Å². The van der Waals surface area contributed by atoms with Gasteiger partial charge in [-0.3, -0.25) is 4.79 Å². The predicted octanol–water partition coefficient (Wildman–Crippen LogP) is 3.13. The number of aryl methyl sites for hydroxylation is 1. The zero-order valence-corrected chi connectivity index (χ0v) is 10.9. The number of pyridine rings is 1. The van der Waals surface area contributed by atoms with Crippen molar-refractivity contribution >= 4 is 10.9 Å². The third-order valence-corrected chi connectivity index (χ3v) is 2.93. The van der Waals surface area contributed by atoms with Gasteiger partial charge in [-0.05, 0) is 29.4 Å². The lowest BCUT2D eigenvalue weighted by molar-refractivity contribution is 0.409. The van der Waals surface area contributed by atoms with Gasteiger partial charge in [-0.25, -0.2) is 0 Å². The summed E-state index contributed by atoms with van der Waals surface area (Å²) >= 11 is 0. The number of para-hydroxylation sites is 1. The van der Waals surface area contributed by atoms with Crippen molar-refractivity contribution in [2.24, 2.45) is 12.5 Å². The molecule has 0 fully saturated rings. The van der Waals surface area contributed by atoms with E-state index in [1.165, 1.54) is 0 Å². The first kappa shape index (κ1) is 11.9. The molecule has 0 radical (unpaired) electrons. The minimum Gasteiger partial charge on any atom is -0.311 e. The van der Waals surface area contributed by atoms with E-state index in [9.17, 15) is 4.79 Å². The standard InChI is InChI=1S/C15H19NO/c1-15(2,3)10-12-9-11-7-5-6-8-13(11)16(4)14(12)17/h5-9H,10H2,1-4H3. The molecule has 0 aliphatic heterocycles. The summed E-state index contributed by atoms with van der Waals surface area (Å²) in [6.07, 6.45) is 0.810. The average Bonchev–Trinajstić information content (AvgIpc) is 2.24. The van der Waals surface area contributed by atoms with Gasteiger partial charge in [0.2, 0.25) is 0 Å². The fourth-order valence-electron chi connectivity index (χ4n) is 2.19. The third-order valence-electron chi connectivity index (χ3n) is 2.93. The van der Waals surface area contributed by atoms with Crippen molar-refractivity contribution in [3.63, 3.8) is 0 Å².